The SMILES string of the molecule is Cc1cc(OCc2c(F)cccc2F)c2nc(C)c(NC(=O)C(CN)c3ccc(Cl)cc3)n2c1. The number of pyridine rings is 1. The minimum absolute atomic E-state index is 0.102. The molecule has 34 heavy (non-hydrogen) atoms. The summed E-state index contributed by atoms with van der Waals surface area (Å²) in [5.74, 6) is -1.48. The molecule has 9 heteroatoms. The summed E-state index contributed by atoms with van der Waals surface area (Å²) in [6.07, 6.45) is 1.79. The molecule has 0 bridgehead atoms. The molecule has 3 N–H and O–H groups in total. The molecule has 0 aliphatic heterocycles. The van der Waals surface area contributed by atoms with Crippen molar-refractivity contribution in [3.63, 3.8) is 0 Å². The molecule has 1 atom stereocenters. The van der Waals surface area contributed by atoms with Crippen LogP contribution in [0.5, 0.6) is 5.75 Å². The maximum atomic E-state index is 14.0. The number of imidazole rings is 1. The van der Waals surface area contributed by atoms with Crippen molar-refractivity contribution < 1.29 is 18.3 Å². The molecule has 6 nitrogen and oxygen atoms in total. The summed E-state index contributed by atoms with van der Waals surface area (Å²) in [4.78, 5) is 17.6. The van der Waals surface area contributed by atoms with Gasteiger partial charge in [0.05, 0.1) is 17.2 Å². The average Bonchev–Trinajstić information content (AvgIpc) is 3.10. The number of carbonyl (C=O) groups excluding carboxylic acids is 1. The fraction of sp³-hybridized carbons (Fsp3) is 0.200. The Kier molecular flexibility index (Phi) is 6.81. The van der Waals surface area contributed by atoms with Gasteiger partial charge in [0.2, 0.25) is 5.91 Å². The van der Waals surface area contributed by atoms with Crippen LogP contribution in [0.3, 0.4) is 0 Å². The zero-order valence-corrected chi connectivity index (χ0v) is 19.4. The quantitative estimate of drug-likeness (QED) is 0.380. The largest absolute Gasteiger partial charge is 0.485 e. The van der Waals surface area contributed by atoms with Gasteiger partial charge in [-0.15, -0.1) is 0 Å². The van der Waals surface area contributed by atoms with E-state index >= 15 is 0 Å². The van der Waals surface area contributed by atoms with Crippen LogP contribution in [0.4, 0.5) is 14.6 Å². The number of hydrogen-bond donors (Lipinski definition) is 2. The first-order valence-electron chi connectivity index (χ1n) is 10.6. The number of aromatic nitrogens is 2. The highest BCUT2D eigenvalue weighted by Gasteiger charge is 2.23. The van der Waals surface area contributed by atoms with E-state index < -0.39 is 17.6 Å². The highest BCUT2D eigenvalue weighted by atomic mass is 35.5. The fourth-order valence-electron chi connectivity index (χ4n) is 3.73. The number of hydrogen-bond acceptors (Lipinski definition) is 4. The first-order valence-corrected chi connectivity index (χ1v) is 11.0. The van der Waals surface area contributed by atoms with Crippen molar-refractivity contribution in [1.29, 1.82) is 0 Å². The van der Waals surface area contributed by atoms with Crippen molar-refractivity contribution in [2.24, 2.45) is 5.73 Å². The van der Waals surface area contributed by atoms with Gasteiger partial charge in [-0.1, -0.05) is 29.8 Å². The molecule has 0 spiro atoms. The minimum atomic E-state index is -0.689. The molecule has 0 saturated heterocycles. The number of aryl methyl sites for hydroxylation is 2. The third-order valence-electron chi connectivity index (χ3n) is 5.50. The highest BCUT2D eigenvalue weighted by Crippen LogP contribution is 2.29. The molecular formula is C25H23ClF2N4O2. The van der Waals surface area contributed by atoms with Crippen LogP contribution in [-0.2, 0) is 11.4 Å². The molecule has 2 heterocycles. The number of benzene rings is 2. The lowest BCUT2D eigenvalue weighted by molar-refractivity contribution is -0.117. The second kappa shape index (κ2) is 9.79. The molecule has 2 aromatic heterocycles. The van der Waals surface area contributed by atoms with E-state index in [0.29, 0.717) is 27.9 Å². The summed E-state index contributed by atoms with van der Waals surface area (Å²) in [7, 11) is 0. The fourth-order valence-corrected chi connectivity index (χ4v) is 3.85. The maximum absolute atomic E-state index is 14.0. The lowest BCUT2D eigenvalue weighted by Crippen LogP contribution is -2.28. The van der Waals surface area contributed by atoms with Gasteiger partial charge < -0.3 is 15.8 Å². The van der Waals surface area contributed by atoms with Crippen LogP contribution < -0.4 is 15.8 Å². The van der Waals surface area contributed by atoms with Crippen LogP contribution in [0.2, 0.25) is 5.02 Å². The van der Waals surface area contributed by atoms with E-state index in [0.717, 1.165) is 11.1 Å². The van der Waals surface area contributed by atoms with Crippen LogP contribution in [0.1, 0.15) is 28.3 Å². The Hall–Kier alpha value is -3.49. The zero-order chi connectivity index (χ0) is 24.4. The monoisotopic (exact) mass is 484 g/mol. The predicted molar refractivity (Wildman–Crippen MR) is 127 cm³/mol. The zero-order valence-electron chi connectivity index (χ0n) is 18.6. The Balaban J connectivity index is 1.64. The summed E-state index contributed by atoms with van der Waals surface area (Å²) < 4.78 is 35.5. The molecule has 4 aromatic rings. The van der Waals surface area contributed by atoms with Crippen molar-refractivity contribution in [2.75, 3.05) is 11.9 Å². The van der Waals surface area contributed by atoms with Gasteiger partial charge in [-0.3, -0.25) is 9.20 Å². The third-order valence-corrected chi connectivity index (χ3v) is 5.75. The number of rotatable bonds is 7. The molecule has 1 unspecified atom stereocenters. The predicted octanol–water partition coefficient (Wildman–Crippen LogP) is 5.14. The molecule has 1 amide bonds. The van der Waals surface area contributed by atoms with E-state index in [1.165, 1.54) is 18.2 Å². The van der Waals surface area contributed by atoms with E-state index in [1.54, 1.807) is 47.9 Å². The Bertz CT molecular complexity index is 1340. The summed E-state index contributed by atoms with van der Waals surface area (Å²) in [6.45, 7) is 3.38. The van der Waals surface area contributed by atoms with E-state index in [4.69, 9.17) is 22.1 Å². The third kappa shape index (κ3) is 4.73. The molecule has 0 aliphatic carbocycles. The summed E-state index contributed by atoms with van der Waals surface area (Å²) in [6, 6.07) is 12.3. The van der Waals surface area contributed by atoms with Crippen LogP contribution in [-0.4, -0.2) is 21.8 Å². The average molecular weight is 485 g/mol. The molecule has 4 rings (SSSR count). The van der Waals surface area contributed by atoms with Gasteiger partial charge in [-0.2, -0.15) is 0 Å². The lowest BCUT2D eigenvalue weighted by atomic mass is 9.98. The number of nitrogens with one attached hydrogen (secondary N) is 1. The number of anilines is 1. The topological polar surface area (TPSA) is 81.6 Å². The molecule has 0 saturated carbocycles. The Morgan fingerprint density at radius 2 is 1.85 bits per heavy atom. The van der Waals surface area contributed by atoms with Crippen molar-refractivity contribution in [3.05, 3.63) is 93.8 Å². The number of nitrogens with two attached hydrogens (primary N) is 1. The molecule has 176 valence electrons. The van der Waals surface area contributed by atoms with Gasteiger partial charge in [0.25, 0.3) is 0 Å². The number of ether oxygens (including phenoxy) is 1. The molecule has 2 aromatic carbocycles. The maximum Gasteiger partial charge on any atom is 0.234 e. The van der Waals surface area contributed by atoms with Gasteiger partial charge in [0.1, 0.15) is 24.1 Å². The Morgan fingerprint density at radius 3 is 2.50 bits per heavy atom. The van der Waals surface area contributed by atoms with Crippen LogP contribution in [0.25, 0.3) is 5.65 Å². The van der Waals surface area contributed by atoms with Gasteiger partial charge in [-0.25, -0.2) is 13.8 Å². The number of amides is 1. The van der Waals surface area contributed by atoms with Crippen LogP contribution in [0, 0.1) is 25.5 Å². The van der Waals surface area contributed by atoms with Crippen molar-refractivity contribution in [3.8, 4) is 5.75 Å². The van der Waals surface area contributed by atoms with E-state index in [2.05, 4.69) is 10.3 Å². The number of carbonyl (C=O) groups is 1. The van der Waals surface area contributed by atoms with Crippen molar-refractivity contribution in [1.82, 2.24) is 9.38 Å². The minimum Gasteiger partial charge on any atom is -0.485 e. The van der Waals surface area contributed by atoms with Crippen molar-refractivity contribution in [2.45, 2.75) is 26.4 Å². The Morgan fingerprint density at radius 1 is 1.18 bits per heavy atom. The molecule has 0 radical (unpaired) electrons. The smallest absolute Gasteiger partial charge is 0.234 e. The second-order valence-corrected chi connectivity index (χ2v) is 8.38. The standard InChI is InChI=1S/C25H23ClF2N4O2/c1-14-10-22(34-13-19-20(27)4-3-5-21(19)28)24-30-15(2)23(32(24)12-14)31-25(33)18(11-29)16-6-8-17(26)9-7-16/h3-10,12,18H,11,13,29H2,1-2H3,(H,31,33). The Labute approximate surface area is 200 Å². The number of fused-ring (bicyclic) bond motifs is 1. The molecule has 0 fully saturated rings. The van der Waals surface area contributed by atoms with Gasteiger partial charge in [0.15, 0.2) is 11.4 Å². The second-order valence-electron chi connectivity index (χ2n) is 7.94. The number of halogens is 3. The van der Waals surface area contributed by atoms with Crippen molar-refractivity contribution >= 4 is 29.0 Å². The number of nitrogens with zero attached hydrogens (tertiary/aromatic N) is 2. The molecule has 0 aliphatic rings. The van der Waals surface area contributed by atoms with Crippen LogP contribution in [0.15, 0.2) is 54.7 Å². The highest BCUT2D eigenvalue weighted by molar-refractivity contribution is 6.30. The first-order chi connectivity index (χ1) is 16.3. The van der Waals surface area contributed by atoms with E-state index in [-0.39, 0.29) is 24.6 Å². The van der Waals surface area contributed by atoms with E-state index in [1.807, 2.05) is 6.92 Å². The first kappa shape index (κ1) is 23.7. The van der Waals surface area contributed by atoms with Gasteiger partial charge >= 0.3 is 0 Å². The summed E-state index contributed by atoms with van der Waals surface area (Å²) >= 11 is 5.96. The summed E-state index contributed by atoms with van der Waals surface area (Å²) in [5.41, 5.74) is 8.22. The normalized spacial score (nSPS) is 12.1. The van der Waals surface area contributed by atoms with Gasteiger partial charge in [0, 0.05) is 17.8 Å². The lowest BCUT2D eigenvalue weighted by Gasteiger charge is -2.16. The van der Waals surface area contributed by atoms with Gasteiger partial charge in [-0.05, 0) is 55.3 Å². The molecular weight excluding hydrogens is 462 g/mol. The van der Waals surface area contributed by atoms with E-state index in [9.17, 15) is 13.6 Å². The summed E-state index contributed by atoms with van der Waals surface area (Å²) in [5, 5.41) is 3.48. The van der Waals surface area contributed by atoms with Crippen LogP contribution >= 0.6 is 11.6 Å².